The third-order valence-electron chi connectivity index (χ3n) is 5.47. The van der Waals surface area contributed by atoms with Gasteiger partial charge in [-0.15, -0.1) is 11.3 Å². The molecule has 0 fully saturated rings. The van der Waals surface area contributed by atoms with Gasteiger partial charge in [0.25, 0.3) is 5.56 Å². The SMILES string of the molecule is Cc1ccc(-c2nc3sc4c(c3c(=O)n2C(C)C(N)=O)CCC(C)C4)cc1. The molecule has 140 valence electrons. The third kappa shape index (κ3) is 2.98. The van der Waals surface area contributed by atoms with Crippen LogP contribution in [0.3, 0.4) is 0 Å². The van der Waals surface area contributed by atoms with Crippen LogP contribution in [0.1, 0.15) is 42.3 Å². The number of aryl methyl sites for hydroxylation is 2. The van der Waals surface area contributed by atoms with Crippen molar-refractivity contribution in [2.75, 3.05) is 0 Å². The van der Waals surface area contributed by atoms with E-state index >= 15 is 0 Å². The molecule has 0 saturated heterocycles. The molecule has 1 amide bonds. The normalized spacial score (nSPS) is 17.7. The molecule has 5 nitrogen and oxygen atoms in total. The number of amides is 1. The molecular formula is C21H23N3O2S. The van der Waals surface area contributed by atoms with E-state index in [-0.39, 0.29) is 5.56 Å². The molecule has 0 radical (unpaired) electrons. The van der Waals surface area contributed by atoms with Gasteiger partial charge in [0.2, 0.25) is 5.91 Å². The van der Waals surface area contributed by atoms with Crippen LogP contribution in [0, 0.1) is 12.8 Å². The van der Waals surface area contributed by atoms with Crippen LogP contribution in [0.25, 0.3) is 21.6 Å². The first kappa shape index (κ1) is 17.9. The molecule has 1 aromatic carbocycles. The van der Waals surface area contributed by atoms with Crippen LogP contribution in [0.4, 0.5) is 0 Å². The maximum atomic E-state index is 13.5. The van der Waals surface area contributed by atoms with Crippen LogP contribution < -0.4 is 11.3 Å². The van der Waals surface area contributed by atoms with Crippen molar-refractivity contribution in [1.29, 1.82) is 0 Å². The van der Waals surface area contributed by atoms with Crippen LogP contribution in [0.2, 0.25) is 0 Å². The summed E-state index contributed by atoms with van der Waals surface area (Å²) in [6, 6.07) is 7.06. The first-order valence-electron chi connectivity index (χ1n) is 9.30. The van der Waals surface area contributed by atoms with E-state index in [1.807, 2.05) is 31.2 Å². The predicted octanol–water partition coefficient (Wildman–Crippen LogP) is 3.60. The number of hydrogen-bond donors (Lipinski definition) is 1. The van der Waals surface area contributed by atoms with E-state index < -0.39 is 11.9 Å². The standard InChI is InChI=1S/C21H23N3O2S/c1-11-4-7-14(8-5-11)19-23-20-17(21(26)24(19)13(3)18(22)25)15-9-6-12(2)10-16(15)27-20/h4-5,7-8,12-13H,6,9-10H2,1-3H3,(H2,22,25). The first-order valence-corrected chi connectivity index (χ1v) is 10.1. The lowest BCUT2D eigenvalue weighted by Crippen LogP contribution is -2.34. The minimum Gasteiger partial charge on any atom is -0.368 e. The van der Waals surface area contributed by atoms with E-state index in [2.05, 4.69) is 6.92 Å². The quantitative estimate of drug-likeness (QED) is 0.753. The summed E-state index contributed by atoms with van der Waals surface area (Å²) in [4.78, 5) is 32.3. The largest absolute Gasteiger partial charge is 0.368 e. The van der Waals surface area contributed by atoms with E-state index in [0.29, 0.717) is 17.1 Å². The molecule has 4 rings (SSSR count). The summed E-state index contributed by atoms with van der Waals surface area (Å²) in [5, 5.41) is 0.672. The van der Waals surface area contributed by atoms with Gasteiger partial charge in [0.15, 0.2) is 0 Å². The number of hydrogen-bond acceptors (Lipinski definition) is 4. The fraction of sp³-hybridized carbons (Fsp3) is 0.381. The van der Waals surface area contributed by atoms with Gasteiger partial charge in [-0.1, -0.05) is 36.8 Å². The number of rotatable bonds is 3. The average Bonchev–Trinajstić information content (AvgIpc) is 2.99. The lowest BCUT2D eigenvalue weighted by Gasteiger charge is -2.19. The molecule has 2 aromatic heterocycles. The molecule has 3 aromatic rings. The molecule has 2 atom stereocenters. The van der Waals surface area contributed by atoms with Crippen LogP contribution in [0.15, 0.2) is 29.1 Å². The monoisotopic (exact) mass is 381 g/mol. The maximum absolute atomic E-state index is 13.5. The van der Waals surface area contributed by atoms with E-state index in [1.165, 1.54) is 9.44 Å². The van der Waals surface area contributed by atoms with Gasteiger partial charge in [0, 0.05) is 10.4 Å². The number of thiophene rings is 1. The topological polar surface area (TPSA) is 78.0 Å². The zero-order valence-corrected chi connectivity index (χ0v) is 16.6. The highest BCUT2D eigenvalue weighted by molar-refractivity contribution is 7.18. The average molecular weight is 382 g/mol. The number of primary amides is 1. The number of benzene rings is 1. The van der Waals surface area contributed by atoms with Gasteiger partial charge in [0.1, 0.15) is 16.7 Å². The Bertz CT molecular complexity index is 1100. The van der Waals surface area contributed by atoms with Crippen LogP contribution in [-0.4, -0.2) is 15.5 Å². The Balaban J connectivity index is 2.04. The Morgan fingerprint density at radius 2 is 2.04 bits per heavy atom. The van der Waals surface area contributed by atoms with Gasteiger partial charge < -0.3 is 5.73 Å². The predicted molar refractivity (Wildman–Crippen MR) is 109 cm³/mol. The summed E-state index contributed by atoms with van der Waals surface area (Å²) < 4.78 is 1.47. The number of aromatic nitrogens is 2. The molecule has 2 heterocycles. The lowest BCUT2D eigenvalue weighted by molar-refractivity contribution is -0.120. The van der Waals surface area contributed by atoms with Crippen LogP contribution in [-0.2, 0) is 17.6 Å². The van der Waals surface area contributed by atoms with Crippen molar-refractivity contribution in [2.45, 2.75) is 46.1 Å². The fourth-order valence-corrected chi connectivity index (χ4v) is 5.17. The highest BCUT2D eigenvalue weighted by atomic mass is 32.1. The third-order valence-corrected chi connectivity index (χ3v) is 6.62. The second kappa shape index (κ2) is 6.60. The lowest BCUT2D eigenvalue weighted by atomic mass is 9.89. The molecule has 2 N–H and O–H groups in total. The molecule has 0 saturated carbocycles. The Kier molecular flexibility index (Phi) is 4.38. The maximum Gasteiger partial charge on any atom is 0.263 e. The van der Waals surface area contributed by atoms with Crippen molar-refractivity contribution in [3.8, 4) is 11.4 Å². The summed E-state index contributed by atoms with van der Waals surface area (Å²) in [6.45, 7) is 5.91. The van der Waals surface area contributed by atoms with Crippen molar-refractivity contribution in [3.63, 3.8) is 0 Å². The van der Waals surface area contributed by atoms with Crippen molar-refractivity contribution in [2.24, 2.45) is 11.7 Å². The highest BCUT2D eigenvalue weighted by Gasteiger charge is 2.27. The van der Waals surface area contributed by atoms with Gasteiger partial charge in [-0.3, -0.25) is 14.2 Å². The zero-order chi connectivity index (χ0) is 19.3. The summed E-state index contributed by atoms with van der Waals surface area (Å²) in [6.07, 6.45) is 2.95. The van der Waals surface area contributed by atoms with E-state index in [9.17, 15) is 9.59 Å². The van der Waals surface area contributed by atoms with Gasteiger partial charge in [0.05, 0.1) is 5.39 Å². The summed E-state index contributed by atoms with van der Waals surface area (Å²) >= 11 is 1.62. The minimum atomic E-state index is -0.760. The molecule has 2 unspecified atom stereocenters. The Morgan fingerprint density at radius 3 is 2.70 bits per heavy atom. The van der Waals surface area contributed by atoms with Crippen molar-refractivity contribution < 1.29 is 4.79 Å². The molecule has 6 heteroatoms. The van der Waals surface area contributed by atoms with Crippen molar-refractivity contribution in [1.82, 2.24) is 9.55 Å². The molecule has 27 heavy (non-hydrogen) atoms. The zero-order valence-electron chi connectivity index (χ0n) is 15.8. The van der Waals surface area contributed by atoms with E-state index in [1.54, 1.807) is 18.3 Å². The fourth-order valence-electron chi connectivity index (χ4n) is 3.80. The van der Waals surface area contributed by atoms with Gasteiger partial charge >= 0.3 is 0 Å². The van der Waals surface area contributed by atoms with E-state index in [4.69, 9.17) is 10.7 Å². The second-order valence-corrected chi connectivity index (χ2v) is 8.67. The minimum absolute atomic E-state index is 0.158. The smallest absolute Gasteiger partial charge is 0.263 e. The summed E-state index contributed by atoms with van der Waals surface area (Å²) in [5.74, 6) is 0.587. The molecule has 1 aliphatic carbocycles. The second-order valence-electron chi connectivity index (χ2n) is 7.59. The molecular weight excluding hydrogens is 358 g/mol. The Morgan fingerprint density at radius 1 is 1.33 bits per heavy atom. The highest BCUT2D eigenvalue weighted by Crippen LogP contribution is 2.37. The van der Waals surface area contributed by atoms with Gasteiger partial charge in [-0.2, -0.15) is 0 Å². The summed E-state index contributed by atoms with van der Waals surface area (Å²) in [7, 11) is 0. The Labute approximate surface area is 161 Å². The number of nitrogens with zero attached hydrogens (tertiary/aromatic N) is 2. The first-order chi connectivity index (χ1) is 12.9. The van der Waals surface area contributed by atoms with Crippen molar-refractivity contribution in [3.05, 3.63) is 50.6 Å². The number of fused-ring (bicyclic) bond motifs is 3. The number of nitrogens with two attached hydrogens (primary N) is 1. The molecule has 1 aliphatic rings. The van der Waals surface area contributed by atoms with Gasteiger partial charge in [-0.25, -0.2) is 4.98 Å². The van der Waals surface area contributed by atoms with Crippen LogP contribution >= 0.6 is 11.3 Å². The molecule has 0 bridgehead atoms. The van der Waals surface area contributed by atoms with Crippen molar-refractivity contribution >= 4 is 27.5 Å². The molecule has 0 spiro atoms. The molecule has 0 aliphatic heterocycles. The van der Waals surface area contributed by atoms with Gasteiger partial charge in [-0.05, 0) is 44.6 Å². The number of carbonyl (C=O) groups excluding carboxylic acids is 1. The van der Waals surface area contributed by atoms with E-state index in [0.717, 1.165) is 40.8 Å². The summed E-state index contributed by atoms with van der Waals surface area (Å²) in [5.41, 5.74) is 8.45. The van der Waals surface area contributed by atoms with Crippen LogP contribution in [0.5, 0.6) is 0 Å². The number of carbonyl (C=O) groups is 1. The Hall–Kier alpha value is -2.47.